The number of imidazole rings is 1. The summed E-state index contributed by atoms with van der Waals surface area (Å²) < 4.78 is 5.43. The number of aromatic nitrogens is 2. The number of carbonyl (C=O) groups is 2. The molecular formula is C17H26N4O3. The van der Waals surface area contributed by atoms with Gasteiger partial charge in [0.25, 0.3) is 5.91 Å². The molecule has 0 spiro atoms. The van der Waals surface area contributed by atoms with E-state index in [2.05, 4.69) is 9.97 Å². The van der Waals surface area contributed by atoms with E-state index >= 15 is 0 Å². The van der Waals surface area contributed by atoms with Crippen LogP contribution in [-0.2, 0) is 4.74 Å². The molecule has 3 rings (SSSR count). The van der Waals surface area contributed by atoms with Crippen LogP contribution in [0.2, 0.25) is 0 Å². The molecular weight excluding hydrogens is 308 g/mol. The minimum Gasteiger partial charge on any atom is -0.444 e. The number of nitrogens with zero attached hydrogens (tertiary/aromatic N) is 3. The zero-order valence-corrected chi connectivity index (χ0v) is 14.6. The first-order chi connectivity index (χ1) is 11.3. The Morgan fingerprint density at radius 2 is 1.83 bits per heavy atom. The van der Waals surface area contributed by atoms with E-state index in [1.54, 1.807) is 11.1 Å². The Morgan fingerprint density at radius 3 is 2.33 bits per heavy atom. The molecule has 1 aliphatic heterocycles. The van der Waals surface area contributed by atoms with Gasteiger partial charge in [-0.25, -0.2) is 9.78 Å². The fourth-order valence-electron chi connectivity index (χ4n) is 3.15. The average molecular weight is 334 g/mol. The van der Waals surface area contributed by atoms with E-state index in [4.69, 9.17) is 4.74 Å². The first-order valence-electron chi connectivity index (χ1n) is 8.64. The number of rotatable bonds is 3. The van der Waals surface area contributed by atoms with Gasteiger partial charge in [-0.15, -0.1) is 0 Å². The second-order valence-corrected chi connectivity index (χ2v) is 7.60. The van der Waals surface area contributed by atoms with Crippen molar-refractivity contribution >= 4 is 12.0 Å². The van der Waals surface area contributed by atoms with Crippen LogP contribution < -0.4 is 0 Å². The van der Waals surface area contributed by atoms with Gasteiger partial charge < -0.3 is 19.5 Å². The van der Waals surface area contributed by atoms with Gasteiger partial charge in [-0.3, -0.25) is 4.79 Å². The van der Waals surface area contributed by atoms with Crippen molar-refractivity contribution in [1.29, 1.82) is 0 Å². The molecule has 1 N–H and O–H groups in total. The highest BCUT2D eigenvalue weighted by Crippen LogP contribution is 2.33. The van der Waals surface area contributed by atoms with Crippen LogP contribution in [0.25, 0.3) is 0 Å². The van der Waals surface area contributed by atoms with E-state index in [1.165, 1.54) is 6.33 Å². The second kappa shape index (κ2) is 6.45. The van der Waals surface area contributed by atoms with Gasteiger partial charge in [0.2, 0.25) is 0 Å². The highest BCUT2D eigenvalue weighted by molar-refractivity contribution is 5.92. The molecule has 0 aromatic carbocycles. The zero-order chi connectivity index (χ0) is 17.3. The first-order valence-corrected chi connectivity index (χ1v) is 8.64. The van der Waals surface area contributed by atoms with Crippen LogP contribution in [0.4, 0.5) is 4.79 Å². The average Bonchev–Trinajstić information content (AvgIpc) is 3.18. The van der Waals surface area contributed by atoms with Crippen molar-refractivity contribution < 1.29 is 14.3 Å². The molecule has 7 nitrogen and oxygen atoms in total. The maximum absolute atomic E-state index is 12.7. The lowest BCUT2D eigenvalue weighted by Crippen LogP contribution is -2.50. The molecule has 0 bridgehead atoms. The topological polar surface area (TPSA) is 78.5 Å². The van der Waals surface area contributed by atoms with Gasteiger partial charge in [-0.2, -0.15) is 0 Å². The molecule has 1 aromatic heterocycles. The summed E-state index contributed by atoms with van der Waals surface area (Å²) in [4.78, 5) is 35.6. The van der Waals surface area contributed by atoms with E-state index in [-0.39, 0.29) is 18.0 Å². The minimum atomic E-state index is -0.482. The lowest BCUT2D eigenvalue weighted by atomic mass is 10.0. The predicted molar refractivity (Wildman–Crippen MR) is 88.6 cm³/mol. The number of carbonyl (C=O) groups excluding carboxylic acids is 2. The number of nitrogens with one attached hydrogen (secondary N) is 1. The van der Waals surface area contributed by atoms with Crippen molar-refractivity contribution in [2.75, 3.05) is 13.1 Å². The molecule has 0 unspecified atom stereocenters. The Hall–Kier alpha value is -2.05. The Kier molecular flexibility index (Phi) is 4.51. The van der Waals surface area contributed by atoms with Gasteiger partial charge in [0.1, 0.15) is 11.3 Å². The fraction of sp³-hybridized carbons (Fsp3) is 0.706. The van der Waals surface area contributed by atoms with Crippen molar-refractivity contribution in [3.05, 3.63) is 18.2 Å². The van der Waals surface area contributed by atoms with Crippen LogP contribution in [0.15, 0.2) is 12.5 Å². The van der Waals surface area contributed by atoms with E-state index in [1.807, 2.05) is 25.7 Å². The Morgan fingerprint density at radius 1 is 1.21 bits per heavy atom. The quantitative estimate of drug-likeness (QED) is 0.921. The van der Waals surface area contributed by atoms with Crippen LogP contribution in [0.1, 0.15) is 56.9 Å². The molecule has 132 valence electrons. The highest BCUT2D eigenvalue weighted by atomic mass is 16.6. The Labute approximate surface area is 142 Å². The zero-order valence-electron chi connectivity index (χ0n) is 14.6. The summed E-state index contributed by atoms with van der Waals surface area (Å²) in [5.74, 6) is -0.00512. The number of amides is 2. The molecule has 1 saturated carbocycles. The Bertz CT molecular complexity index is 581. The Balaban J connectivity index is 1.60. The lowest BCUT2D eigenvalue weighted by molar-refractivity contribution is 0.0141. The molecule has 1 aromatic rings. The molecule has 2 fully saturated rings. The van der Waals surface area contributed by atoms with Crippen LogP contribution >= 0.6 is 0 Å². The third kappa shape index (κ3) is 3.88. The van der Waals surface area contributed by atoms with Crippen molar-refractivity contribution in [2.45, 2.75) is 64.1 Å². The molecule has 1 aliphatic carbocycles. The van der Waals surface area contributed by atoms with Crippen LogP contribution in [0, 0.1) is 0 Å². The minimum absolute atomic E-state index is 0.00512. The second-order valence-electron chi connectivity index (χ2n) is 7.60. The molecule has 1 saturated heterocycles. The van der Waals surface area contributed by atoms with Crippen molar-refractivity contribution in [2.24, 2.45) is 0 Å². The van der Waals surface area contributed by atoms with Crippen LogP contribution in [0.3, 0.4) is 0 Å². The predicted octanol–water partition coefficient (Wildman–Crippen LogP) is 2.41. The number of aromatic amines is 1. The molecule has 2 amide bonds. The summed E-state index contributed by atoms with van der Waals surface area (Å²) in [6.07, 6.45) is 6.59. The standard InChI is InChI=1S/C17H26N4O3/c1-17(2,3)24-16(23)20-8-6-13(7-9-20)21(12-4-5-12)15(22)14-10-18-11-19-14/h10-13H,4-9H2,1-3H3,(H,18,19). The maximum atomic E-state index is 12.7. The summed E-state index contributed by atoms with van der Waals surface area (Å²) in [5, 5.41) is 0. The summed E-state index contributed by atoms with van der Waals surface area (Å²) >= 11 is 0. The summed E-state index contributed by atoms with van der Waals surface area (Å²) in [5.41, 5.74) is -0.0133. The smallest absolute Gasteiger partial charge is 0.410 e. The monoisotopic (exact) mass is 334 g/mol. The number of piperidine rings is 1. The van der Waals surface area contributed by atoms with Gasteiger partial charge in [0, 0.05) is 31.4 Å². The van der Waals surface area contributed by atoms with E-state index in [9.17, 15) is 9.59 Å². The van der Waals surface area contributed by atoms with Gasteiger partial charge in [0.05, 0.1) is 6.33 Å². The van der Waals surface area contributed by atoms with Gasteiger partial charge >= 0.3 is 6.09 Å². The molecule has 0 radical (unpaired) electrons. The van der Waals surface area contributed by atoms with E-state index < -0.39 is 5.60 Å². The molecule has 7 heteroatoms. The number of likely N-dealkylation sites (tertiary alicyclic amines) is 1. The van der Waals surface area contributed by atoms with Crippen molar-refractivity contribution in [1.82, 2.24) is 19.8 Å². The molecule has 2 heterocycles. The van der Waals surface area contributed by atoms with Gasteiger partial charge in [-0.1, -0.05) is 0 Å². The summed E-state index contributed by atoms with van der Waals surface area (Å²) in [6.45, 7) is 6.85. The third-order valence-electron chi connectivity index (χ3n) is 4.40. The maximum Gasteiger partial charge on any atom is 0.410 e. The van der Waals surface area contributed by atoms with Crippen molar-refractivity contribution in [3.8, 4) is 0 Å². The van der Waals surface area contributed by atoms with Crippen LogP contribution in [-0.4, -0.2) is 62.5 Å². The highest BCUT2D eigenvalue weighted by Gasteiger charge is 2.40. The molecule has 0 atom stereocenters. The normalized spacial score (nSPS) is 19.2. The van der Waals surface area contributed by atoms with E-state index in [0.29, 0.717) is 24.8 Å². The number of hydrogen-bond acceptors (Lipinski definition) is 4. The number of H-pyrrole nitrogens is 1. The van der Waals surface area contributed by atoms with E-state index in [0.717, 1.165) is 25.7 Å². The fourth-order valence-corrected chi connectivity index (χ4v) is 3.15. The SMILES string of the molecule is CC(C)(C)OC(=O)N1CCC(N(C(=O)c2c[nH]cn2)C2CC2)CC1. The molecule has 2 aliphatic rings. The largest absolute Gasteiger partial charge is 0.444 e. The van der Waals surface area contributed by atoms with Crippen molar-refractivity contribution in [3.63, 3.8) is 0 Å². The summed E-state index contributed by atoms with van der Waals surface area (Å²) in [6, 6.07) is 0.493. The molecule has 24 heavy (non-hydrogen) atoms. The number of ether oxygens (including phenoxy) is 1. The third-order valence-corrected chi connectivity index (χ3v) is 4.40. The van der Waals surface area contributed by atoms with Gasteiger partial charge in [0.15, 0.2) is 0 Å². The van der Waals surface area contributed by atoms with Crippen LogP contribution in [0.5, 0.6) is 0 Å². The first kappa shape index (κ1) is 16.8. The summed E-state index contributed by atoms with van der Waals surface area (Å²) in [7, 11) is 0. The lowest BCUT2D eigenvalue weighted by Gasteiger charge is -2.38. The van der Waals surface area contributed by atoms with Gasteiger partial charge in [-0.05, 0) is 46.5 Å². The number of hydrogen-bond donors (Lipinski definition) is 1.